The summed E-state index contributed by atoms with van der Waals surface area (Å²) in [4.78, 5) is 19.5. The van der Waals surface area contributed by atoms with Gasteiger partial charge in [0.1, 0.15) is 5.01 Å². The van der Waals surface area contributed by atoms with Crippen molar-refractivity contribution in [2.24, 2.45) is 0 Å². The lowest BCUT2D eigenvalue weighted by atomic mass is 10.3. The number of nitrogens with zero attached hydrogens (tertiary/aromatic N) is 2. The maximum absolute atomic E-state index is 11.1. The zero-order valence-corrected chi connectivity index (χ0v) is 11.4. The molecule has 0 unspecified atom stereocenters. The first-order valence-electron chi connectivity index (χ1n) is 4.81. The SMILES string of the molecule is COC(=O)Cc1csc(-c2cncc(Br)c2)n1. The van der Waals surface area contributed by atoms with Gasteiger partial charge in [0.25, 0.3) is 0 Å². The number of thiazole rings is 1. The standard InChI is InChI=1S/C11H9BrN2O2S/c1-16-10(15)3-9-6-17-11(14-9)7-2-8(12)5-13-4-7/h2,4-6H,3H2,1H3. The molecule has 0 atom stereocenters. The summed E-state index contributed by atoms with van der Waals surface area (Å²) in [5.41, 5.74) is 1.65. The molecular formula is C11H9BrN2O2S. The quantitative estimate of drug-likeness (QED) is 0.818. The first kappa shape index (κ1) is 12.2. The molecule has 0 aliphatic rings. The number of halogens is 1. The molecule has 0 saturated carbocycles. The highest BCUT2D eigenvalue weighted by Crippen LogP contribution is 2.25. The van der Waals surface area contributed by atoms with E-state index in [1.807, 2.05) is 11.4 Å². The second-order valence-electron chi connectivity index (χ2n) is 3.29. The van der Waals surface area contributed by atoms with Gasteiger partial charge in [-0.25, -0.2) is 4.98 Å². The van der Waals surface area contributed by atoms with Crippen molar-refractivity contribution in [2.45, 2.75) is 6.42 Å². The summed E-state index contributed by atoms with van der Waals surface area (Å²) >= 11 is 4.84. The molecule has 0 aliphatic heterocycles. The largest absolute Gasteiger partial charge is 0.469 e. The van der Waals surface area contributed by atoms with E-state index in [0.29, 0.717) is 0 Å². The van der Waals surface area contributed by atoms with E-state index >= 15 is 0 Å². The third-order valence-electron chi connectivity index (χ3n) is 2.06. The molecule has 0 aliphatic carbocycles. The molecule has 0 saturated heterocycles. The molecule has 0 N–H and O–H groups in total. The van der Waals surface area contributed by atoms with E-state index in [9.17, 15) is 4.79 Å². The van der Waals surface area contributed by atoms with Crippen molar-refractivity contribution in [1.82, 2.24) is 9.97 Å². The molecule has 88 valence electrons. The third kappa shape index (κ3) is 3.10. The van der Waals surface area contributed by atoms with Crippen LogP contribution in [0.25, 0.3) is 10.6 Å². The Labute approximate surface area is 111 Å². The molecular weight excluding hydrogens is 304 g/mol. The lowest BCUT2D eigenvalue weighted by Crippen LogP contribution is -2.04. The number of carbonyl (C=O) groups is 1. The molecule has 6 heteroatoms. The maximum atomic E-state index is 11.1. The van der Waals surface area contributed by atoms with Gasteiger partial charge in [0.2, 0.25) is 0 Å². The van der Waals surface area contributed by atoms with E-state index in [4.69, 9.17) is 0 Å². The van der Waals surface area contributed by atoms with Gasteiger partial charge in [-0.15, -0.1) is 11.3 Å². The molecule has 0 bridgehead atoms. The van der Waals surface area contributed by atoms with Crippen molar-refractivity contribution in [3.63, 3.8) is 0 Å². The van der Waals surface area contributed by atoms with Crippen molar-refractivity contribution in [2.75, 3.05) is 7.11 Å². The van der Waals surface area contributed by atoms with E-state index in [0.717, 1.165) is 20.7 Å². The zero-order valence-electron chi connectivity index (χ0n) is 9.01. The summed E-state index contributed by atoms with van der Waals surface area (Å²) < 4.78 is 5.50. The van der Waals surface area contributed by atoms with Gasteiger partial charge in [0.05, 0.1) is 19.2 Å². The molecule has 2 heterocycles. The van der Waals surface area contributed by atoms with Crippen LogP contribution in [-0.4, -0.2) is 23.0 Å². The first-order valence-corrected chi connectivity index (χ1v) is 6.48. The van der Waals surface area contributed by atoms with Crippen molar-refractivity contribution in [1.29, 1.82) is 0 Å². The van der Waals surface area contributed by atoms with Gasteiger partial charge in [-0.05, 0) is 22.0 Å². The van der Waals surface area contributed by atoms with Crippen LogP contribution in [0.1, 0.15) is 5.69 Å². The molecule has 0 amide bonds. The molecule has 2 aromatic rings. The van der Waals surface area contributed by atoms with Crippen LogP contribution in [0.4, 0.5) is 0 Å². The Balaban J connectivity index is 2.21. The number of hydrogen-bond acceptors (Lipinski definition) is 5. The van der Waals surface area contributed by atoms with Crippen LogP contribution < -0.4 is 0 Å². The Morgan fingerprint density at radius 1 is 1.53 bits per heavy atom. The molecule has 0 aromatic carbocycles. The van der Waals surface area contributed by atoms with E-state index in [1.54, 1.807) is 12.4 Å². The van der Waals surface area contributed by atoms with Gasteiger partial charge in [-0.3, -0.25) is 9.78 Å². The number of methoxy groups -OCH3 is 1. The molecule has 0 fully saturated rings. The summed E-state index contributed by atoms with van der Waals surface area (Å²) in [6, 6.07) is 1.94. The molecule has 2 rings (SSSR count). The van der Waals surface area contributed by atoms with Crippen molar-refractivity contribution in [3.8, 4) is 10.6 Å². The fraction of sp³-hybridized carbons (Fsp3) is 0.182. The monoisotopic (exact) mass is 312 g/mol. The highest BCUT2D eigenvalue weighted by Gasteiger charge is 2.09. The average molecular weight is 313 g/mol. The minimum Gasteiger partial charge on any atom is -0.469 e. The van der Waals surface area contributed by atoms with Crippen LogP contribution >= 0.6 is 27.3 Å². The highest BCUT2D eigenvalue weighted by atomic mass is 79.9. The summed E-state index contributed by atoms with van der Waals surface area (Å²) in [7, 11) is 1.37. The lowest BCUT2D eigenvalue weighted by Gasteiger charge is -1.96. The smallest absolute Gasteiger partial charge is 0.311 e. The Hall–Kier alpha value is -1.27. The molecule has 4 nitrogen and oxygen atoms in total. The fourth-order valence-electron chi connectivity index (χ4n) is 1.27. The lowest BCUT2D eigenvalue weighted by molar-refractivity contribution is -0.139. The first-order chi connectivity index (χ1) is 8.19. The zero-order chi connectivity index (χ0) is 12.3. The number of esters is 1. The summed E-state index contributed by atoms with van der Waals surface area (Å²) in [6.07, 6.45) is 3.66. The molecule has 0 spiro atoms. The van der Waals surface area contributed by atoms with Crippen LogP contribution in [0.3, 0.4) is 0 Å². The third-order valence-corrected chi connectivity index (χ3v) is 3.43. The topological polar surface area (TPSA) is 52.1 Å². The predicted molar refractivity (Wildman–Crippen MR) is 68.8 cm³/mol. The normalized spacial score (nSPS) is 10.2. The second kappa shape index (κ2) is 5.37. The molecule has 17 heavy (non-hydrogen) atoms. The maximum Gasteiger partial charge on any atom is 0.311 e. The number of hydrogen-bond donors (Lipinski definition) is 0. The Morgan fingerprint density at radius 2 is 2.35 bits per heavy atom. The van der Waals surface area contributed by atoms with Crippen LogP contribution in [0.5, 0.6) is 0 Å². The van der Waals surface area contributed by atoms with Crippen molar-refractivity contribution < 1.29 is 9.53 Å². The van der Waals surface area contributed by atoms with Gasteiger partial charge in [0, 0.05) is 27.8 Å². The van der Waals surface area contributed by atoms with Crippen LogP contribution in [0, 0.1) is 0 Å². The molecule has 0 radical (unpaired) electrons. The average Bonchev–Trinajstić information content (AvgIpc) is 2.77. The Bertz CT molecular complexity index is 542. The van der Waals surface area contributed by atoms with Gasteiger partial charge >= 0.3 is 5.97 Å². The summed E-state index contributed by atoms with van der Waals surface area (Å²) in [5.74, 6) is -0.283. The summed E-state index contributed by atoms with van der Waals surface area (Å²) in [5, 5.41) is 2.70. The van der Waals surface area contributed by atoms with E-state index in [1.165, 1.54) is 18.4 Å². The second-order valence-corrected chi connectivity index (χ2v) is 5.06. The van der Waals surface area contributed by atoms with E-state index in [2.05, 4.69) is 30.6 Å². The number of ether oxygens (including phenoxy) is 1. The highest BCUT2D eigenvalue weighted by molar-refractivity contribution is 9.10. The van der Waals surface area contributed by atoms with Gasteiger partial charge in [-0.1, -0.05) is 0 Å². The van der Waals surface area contributed by atoms with Crippen molar-refractivity contribution >= 4 is 33.2 Å². The van der Waals surface area contributed by atoms with Crippen LogP contribution in [-0.2, 0) is 16.0 Å². The number of carbonyl (C=O) groups excluding carboxylic acids is 1. The minimum absolute atomic E-state index is 0.203. The Kier molecular flexibility index (Phi) is 3.86. The number of rotatable bonds is 3. The van der Waals surface area contributed by atoms with Gasteiger partial charge < -0.3 is 4.74 Å². The Morgan fingerprint density at radius 3 is 3.06 bits per heavy atom. The van der Waals surface area contributed by atoms with E-state index in [-0.39, 0.29) is 12.4 Å². The number of pyridine rings is 1. The van der Waals surface area contributed by atoms with E-state index < -0.39 is 0 Å². The number of aromatic nitrogens is 2. The minimum atomic E-state index is -0.283. The van der Waals surface area contributed by atoms with Gasteiger partial charge in [-0.2, -0.15) is 0 Å². The summed E-state index contributed by atoms with van der Waals surface area (Å²) in [6.45, 7) is 0. The fourth-order valence-corrected chi connectivity index (χ4v) is 2.44. The van der Waals surface area contributed by atoms with Gasteiger partial charge in [0.15, 0.2) is 0 Å². The van der Waals surface area contributed by atoms with Crippen LogP contribution in [0.2, 0.25) is 0 Å². The molecule has 2 aromatic heterocycles. The van der Waals surface area contributed by atoms with Crippen LogP contribution in [0.15, 0.2) is 28.3 Å². The predicted octanol–water partition coefficient (Wildman–Crippen LogP) is 2.68. The van der Waals surface area contributed by atoms with Crippen molar-refractivity contribution in [3.05, 3.63) is 34.0 Å².